The van der Waals surface area contributed by atoms with E-state index < -0.39 is 5.91 Å². The molecule has 0 atom stereocenters. The molecule has 1 amide bonds. The molecule has 0 radical (unpaired) electrons. The van der Waals surface area contributed by atoms with Gasteiger partial charge < -0.3 is 10.6 Å². The lowest BCUT2D eigenvalue weighted by Crippen LogP contribution is -2.24. The maximum atomic E-state index is 11.4. The molecule has 4 nitrogen and oxygen atoms in total. The minimum absolute atomic E-state index is 0.436. The van der Waals surface area contributed by atoms with E-state index in [9.17, 15) is 4.79 Å². The monoisotopic (exact) mass is 289 g/mol. The topological polar surface area (TPSA) is 59.2 Å². The SMILES string of the molecule is CN(CCc1ccc(Cl)cc1)c1ccncc1C(N)=O. The molecule has 2 aromatic rings. The van der Waals surface area contributed by atoms with Crippen LogP contribution in [0.1, 0.15) is 15.9 Å². The summed E-state index contributed by atoms with van der Waals surface area (Å²) in [5.41, 5.74) is 7.78. The molecule has 0 aliphatic carbocycles. The molecule has 0 spiro atoms. The highest BCUT2D eigenvalue weighted by atomic mass is 35.5. The minimum Gasteiger partial charge on any atom is -0.374 e. The van der Waals surface area contributed by atoms with Gasteiger partial charge in [-0.2, -0.15) is 0 Å². The fourth-order valence-corrected chi connectivity index (χ4v) is 2.10. The van der Waals surface area contributed by atoms with Gasteiger partial charge in [0.1, 0.15) is 0 Å². The second-order valence-electron chi connectivity index (χ2n) is 4.56. The fourth-order valence-electron chi connectivity index (χ4n) is 1.98. The Bertz CT molecular complexity index is 598. The number of nitrogens with zero attached hydrogens (tertiary/aromatic N) is 2. The third kappa shape index (κ3) is 3.48. The third-order valence-corrected chi connectivity index (χ3v) is 3.38. The number of hydrogen-bond acceptors (Lipinski definition) is 3. The predicted molar refractivity (Wildman–Crippen MR) is 81.2 cm³/mol. The molecule has 5 heteroatoms. The number of benzene rings is 1. The van der Waals surface area contributed by atoms with Gasteiger partial charge in [0.25, 0.3) is 5.91 Å². The highest BCUT2D eigenvalue weighted by Gasteiger charge is 2.11. The van der Waals surface area contributed by atoms with Gasteiger partial charge in [0, 0.05) is 31.0 Å². The van der Waals surface area contributed by atoms with Crippen LogP contribution < -0.4 is 10.6 Å². The summed E-state index contributed by atoms with van der Waals surface area (Å²) < 4.78 is 0. The molecule has 0 unspecified atom stereocenters. The first-order chi connectivity index (χ1) is 9.58. The summed E-state index contributed by atoms with van der Waals surface area (Å²) in [5, 5.41) is 0.729. The first kappa shape index (κ1) is 14.3. The lowest BCUT2D eigenvalue weighted by Gasteiger charge is -2.21. The van der Waals surface area contributed by atoms with Crippen LogP contribution in [0.2, 0.25) is 5.02 Å². The molecular weight excluding hydrogens is 274 g/mol. The number of nitrogens with two attached hydrogens (primary N) is 1. The van der Waals surface area contributed by atoms with Crippen molar-refractivity contribution in [3.8, 4) is 0 Å². The number of anilines is 1. The summed E-state index contributed by atoms with van der Waals surface area (Å²) in [6, 6.07) is 9.54. The van der Waals surface area contributed by atoms with Gasteiger partial charge in [0.05, 0.1) is 11.3 Å². The molecular formula is C15H16ClN3O. The number of rotatable bonds is 5. The molecule has 0 saturated heterocycles. The number of amides is 1. The summed E-state index contributed by atoms with van der Waals surface area (Å²) in [7, 11) is 1.93. The molecule has 2 N–H and O–H groups in total. The molecule has 1 aromatic heterocycles. The quantitative estimate of drug-likeness (QED) is 0.920. The van der Waals surface area contributed by atoms with Crippen LogP contribution in [0.15, 0.2) is 42.7 Å². The first-order valence-electron chi connectivity index (χ1n) is 6.27. The zero-order valence-corrected chi connectivity index (χ0v) is 12.0. The number of carbonyl (C=O) groups is 1. The van der Waals surface area contributed by atoms with Crippen LogP contribution in [0.25, 0.3) is 0 Å². The van der Waals surface area contributed by atoms with Crippen molar-refractivity contribution in [2.45, 2.75) is 6.42 Å². The molecule has 0 aliphatic rings. The van der Waals surface area contributed by atoms with Crippen molar-refractivity contribution >= 4 is 23.2 Å². The van der Waals surface area contributed by atoms with Crippen LogP contribution in [0.3, 0.4) is 0 Å². The summed E-state index contributed by atoms with van der Waals surface area (Å²) in [6.07, 6.45) is 4.01. The molecule has 0 fully saturated rings. The zero-order valence-electron chi connectivity index (χ0n) is 11.2. The van der Waals surface area contributed by atoms with Crippen molar-refractivity contribution in [2.24, 2.45) is 5.73 Å². The lowest BCUT2D eigenvalue weighted by molar-refractivity contribution is 0.100. The van der Waals surface area contributed by atoms with E-state index >= 15 is 0 Å². The van der Waals surface area contributed by atoms with Gasteiger partial charge in [0.15, 0.2) is 0 Å². The average Bonchev–Trinajstić information content (AvgIpc) is 2.46. The van der Waals surface area contributed by atoms with E-state index in [1.54, 1.807) is 12.3 Å². The molecule has 0 aliphatic heterocycles. The van der Waals surface area contributed by atoms with Crippen molar-refractivity contribution in [1.29, 1.82) is 0 Å². The van der Waals surface area contributed by atoms with Crippen LogP contribution in [0.5, 0.6) is 0 Å². The van der Waals surface area contributed by atoms with Gasteiger partial charge in [-0.25, -0.2) is 0 Å². The Morgan fingerprint density at radius 2 is 2.00 bits per heavy atom. The normalized spacial score (nSPS) is 10.3. The van der Waals surface area contributed by atoms with E-state index in [1.807, 2.05) is 36.2 Å². The molecule has 0 saturated carbocycles. The van der Waals surface area contributed by atoms with Crippen molar-refractivity contribution < 1.29 is 4.79 Å². The van der Waals surface area contributed by atoms with Crippen molar-refractivity contribution in [1.82, 2.24) is 4.98 Å². The van der Waals surface area contributed by atoms with E-state index in [2.05, 4.69) is 4.98 Å². The predicted octanol–water partition coefficient (Wildman–Crippen LogP) is 2.51. The van der Waals surface area contributed by atoms with Crippen molar-refractivity contribution in [3.63, 3.8) is 0 Å². The standard InChI is InChI=1S/C15H16ClN3O/c1-19(9-7-11-2-4-12(16)5-3-11)14-6-8-18-10-13(14)15(17)20/h2-6,8,10H,7,9H2,1H3,(H2,17,20). The number of aromatic nitrogens is 1. The third-order valence-electron chi connectivity index (χ3n) is 3.12. The van der Waals surface area contributed by atoms with E-state index in [0.29, 0.717) is 5.56 Å². The Labute approximate surface area is 123 Å². The van der Waals surface area contributed by atoms with E-state index in [-0.39, 0.29) is 0 Å². The Morgan fingerprint density at radius 1 is 1.30 bits per heavy atom. The fraction of sp³-hybridized carbons (Fsp3) is 0.200. The number of pyridine rings is 1. The smallest absolute Gasteiger partial charge is 0.252 e. The second kappa shape index (κ2) is 6.39. The van der Waals surface area contributed by atoms with Crippen LogP contribution in [-0.2, 0) is 6.42 Å². The van der Waals surface area contributed by atoms with Crippen LogP contribution in [0, 0.1) is 0 Å². The number of hydrogen-bond donors (Lipinski definition) is 1. The number of likely N-dealkylation sites (N-methyl/N-ethyl adjacent to an activating group) is 1. The van der Waals surface area contributed by atoms with E-state index in [0.717, 1.165) is 23.7 Å². The van der Waals surface area contributed by atoms with E-state index in [4.69, 9.17) is 17.3 Å². The van der Waals surface area contributed by atoms with E-state index in [1.165, 1.54) is 11.8 Å². The Hall–Kier alpha value is -2.07. The van der Waals surface area contributed by atoms with Crippen LogP contribution in [-0.4, -0.2) is 24.5 Å². The average molecular weight is 290 g/mol. The molecule has 0 bridgehead atoms. The molecule has 2 rings (SSSR count). The Morgan fingerprint density at radius 3 is 2.65 bits per heavy atom. The van der Waals surface area contributed by atoms with Gasteiger partial charge in [-0.1, -0.05) is 23.7 Å². The summed E-state index contributed by atoms with van der Waals surface area (Å²) in [4.78, 5) is 17.3. The minimum atomic E-state index is -0.466. The molecule has 20 heavy (non-hydrogen) atoms. The summed E-state index contributed by atoms with van der Waals surface area (Å²) in [5.74, 6) is -0.466. The number of carbonyl (C=O) groups excluding carboxylic acids is 1. The van der Waals surface area contributed by atoms with Gasteiger partial charge >= 0.3 is 0 Å². The highest BCUT2D eigenvalue weighted by Crippen LogP contribution is 2.18. The van der Waals surface area contributed by atoms with Crippen molar-refractivity contribution in [3.05, 3.63) is 58.9 Å². The maximum Gasteiger partial charge on any atom is 0.252 e. The molecule has 1 aromatic carbocycles. The summed E-state index contributed by atoms with van der Waals surface area (Å²) >= 11 is 5.86. The first-order valence-corrected chi connectivity index (χ1v) is 6.65. The van der Waals surface area contributed by atoms with Crippen LogP contribution in [0.4, 0.5) is 5.69 Å². The zero-order chi connectivity index (χ0) is 14.5. The summed E-state index contributed by atoms with van der Waals surface area (Å²) in [6.45, 7) is 0.770. The lowest BCUT2D eigenvalue weighted by atomic mass is 10.1. The second-order valence-corrected chi connectivity index (χ2v) is 4.99. The van der Waals surface area contributed by atoms with Gasteiger partial charge in [-0.05, 0) is 30.2 Å². The highest BCUT2D eigenvalue weighted by molar-refractivity contribution is 6.30. The Kier molecular flexibility index (Phi) is 4.58. The van der Waals surface area contributed by atoms with Crippen LogP contribution >= 0.6 is 11.6 Å². The van der Waals surface area contributed by atoms with Crippen molar-refractivity contribution in [2.75, 3.05) is 18.5 Å². The van der Waals surface area contributed by atoms with Gasteiger partial charge in [-0.3, -0.25) is 9.78 Å². The van der Waals surface area contributed by atoms with Gasteiger partial charge in [-0.15, -0.1) is 0 Å². The maximum absolute atomic E-state index is 11.4. The largest absolute Gasteiger partial charge is 0.374 e. The number of primary amides is 1. The Balaban J connectivity index is 2.07. The van der Waals surface area contributed by atoms with Gasteiger partial charge in [0.2, 0.25) is 0 Å². The number of halogens is 1. The molecule has 1 heterocycles. The molecule has 104 valence electrons.